The van der Waals surface area contributed by atoms with Gasteiger partial charge in [-0.3, -0.25) is 4.72 Å². The minimum Gasteiger partial charge on any atom is -0.493 e. The minimum atomic E-state index is -3.70. The molecule has 0 amide bonds. The van der Waals surface area contributed by atoms with E-state index in [-0.39, 0.29) is 17.5 Å². The number of hydrogen-bond donors (Lipinski definition) is 4. The van der Waals surface area contributed by atoms with Gasteiger partial charge in [0.05, 0.1) is 33.2 Å². The summed E-state index contributed by atoms with van der Waals surface area (Å²) < 4.78 is 58.2. The van der Waals surface area contributed by atoms with E-state index in [0.717, 1.165) is 6.20 Å². The van der Waals surface area contributed by atoms with Crippen LogP contribution in [0.4, 0.5) is 33.2 Å². The summed E-state index contributed by atoms with van der Waals surface area (Å²) in [5, 5.41) is 5.78. The van der Waals surface area contributed by atoms with E-state index in [9.17, 15) is 12.8 Å². The summed E-state index contributed by atoms with van der Waals surface area (Å²) in [5.74, 6) is 0.531. The number of hydrogen-bond acceptors (Lipinski definition) is 9. The van der Waals surface area contributed by atoms with Gasteiger partial charge in [0.2, 0.25) is 11.7 Å². The molecule has 0 saturated heterocycles. The molecule has 0 unspecified atom stereocenters. The first-order valence-corrected chi connectivity index (χ1v) is 10.9. The first kappa shape index (κ1) is 23.8. The van der Waals surface area contributed by atoms with Gasteiger partial charge in [-0.2, -0.15) is 13.4 Å². The Bertz CT molecular complexity index is 1220. The summed E-state index contributed by atoms with van der Waals surface area (Å²) in [5.41, 5.74) is 1.20. The third-order valence-electron chi connectivity index (χ3n) is 4.31. The highest BCUT2D eigenvalue weighted by atomic mass is 32.2. The number of benzene rings is 2. The molecule has 176 valence electrons. The van der Waals surface area contributed by atoms with Crippen molar-refractivity contribution in [2.75, 3.05) is 43.7 Å². The van der Waals surface area contributed by atoms with Gasteiger partial charge in [-0.05, 0) is 18.2 Å². The molecule has 3 rings (SSSR count). The molecule has 4 N–H and O–H groups in total. The lowest BCUT2D eigenvalue weighted by Gasteiger charge is -2.15. The molecule has 2 aromatic carbocycles. The number of rotatable bonds is 10. The summed E-state index contributed by atoms with van der Waals surface area (Å²) in [6.07, 6.45) is 1.00. The van der Waals surface area contributed by atoms with E-state index in [4.69, 9.17) is 14.2 Å². The average molecular weight is 479 g/mol. The predicted molar refractivity (Wildman–Crippen MR) is 123 cm³/mol. The maximum absolute atomic E-state index is 14.4. The van der Waals surface area contributed by atoms with Gasteiger partial charge >= 0.3 is 0 Å². The van der Waals surface area contributed by atoms with Gasteiger partial charge in [0, 0.05) is 30.6 Å². The molecule has 0 atom stereocenters. The standard InChI is InChI=1S/C20H23FN6O5S/c1-22-33(28,29)27-13-7-5-6-12(8-13)24-19-15(21)11-23-20(26-19)25-14-9-16(30-2)18(32-4)17(10-14)31-3/h5-11,22,27H,1-4H3,(H2,23,24,25,26). The topological polar surface area (TPSA) is 136 Å². The largest absolute Gasteiger partial charge is 0.493 e. The maximum atomic E-state index is 14.4. The monoisotopic (exact) mass is 478 g/mol. The lowest BCUT2D eigenvalue weighted by Crippen LogP contribution is -2.26. The Hall–Kier alpha value is -3.84. The quantitative estimate of drug-likeness (QED) is 0.347. The lowest BCUT2D eigenvalue weighted by molar-refractivity contribution is 0.324. The predicted octanol–water partition coefficient (Wildman–Crippen LogP) is 3.00. The first-order valence-electron chi connectivity index (χ1n) is 9.46. The van der Waals surface area contributed by atoms with Gasteiger partial charge < -0.3 is 24.8 Å². The third kappa shape index (κ3) is 5.90. The van der Waals surface area contributed by atoms with Crippen molar-refractivity contribution in [3.05, 3.63) is 48.4 Å². The molecule has 11 nitrogen and oxygen atoms in total. The molecule has 33 heavy (non-hydrogen) atoms. The zero-order valence-corrected chi connectivity index (χ0v) is 19.1. The van der Waals surface area contributed by atoms with Crippen LogP contribution in [0.5, 0.6) is 17.2 Å². The van der Waals surface area contributed by atoms with Crippen molar-refractivity contribution < 1.29 is 27.0 Å². The smallest absolute Gasteiger partial charge is 0.298 e. The van der Waals surface area contributed by atoms with E-state index in [2.05, 4.69) is 30.0 Å². The van der Waals surface area contributed by atoms with E-state index in [1.54, 1.807) is 30.3 Å². The van der Waals surface area contributed by atoms with Gasteiger partial charge in [-0.25, -0.2) is 14.1 Å². The zero-order chi connectivity index (χ0) is 24.0. The van der Waals surface area contributed by atoms with E-state index in [0.29, 0.717) is 28.6 Å². The van der Waals surface area contributed by atoms with Crippen LogP contribution in [-0.2, 0) is 10.2 Å². The normalized spacial score (nSPS) is 10.9. The molecule has 3 aromatic rings. The fraction of sp³-hybridized carbons (Fsp3) is 0.200. The number of nitrogens with one attached hydrogen (secondary N) is 4. The van der Waals surface area contributed by atoms with Gasteiger partial charge in [-0.15, -0.1) is 0 Å². The van der Waals surface area contributed by atoms with Crippen molar-refractivity contribution in [2.24, 2.45) is 0 Å². The molecule has 0 fully saturated rings. The number of methoxy groups -OCH3 is 3. The molecular formula is C20H23FN6O5S. The van der Waals surface area contributed by atoms with Crippen LogP contribution in [0.15, 0.2) is 42.6 Å². The summed E-state index contributed by atoms with van der Waals surface area (Å²) in [6.45, 7) is 0. The van der Waals surface area contributed by atoms with Crippen molar-refractivity contribution in [1.29, 1.82) is 0 Å². The number of nitrogens with zero attached hydrogens (tertiary/aromatic N) is 2. The highest BCUT2D eigenvalue weighted by Crippen LogP contribution is 2.40. The number of anilines is 5. The molecule has 0 radical (unpaired) electrons. The Morgan fingerprint density at radius 2 is 1.58 bits per heavy atom. The van der Waals surface area contributed by atoms with E-state index < -0.39 is 16.0 Å². The van der Waals surface area contributed by atoms with Crippen LogP contribution in [0, 0.1) is 5.82 Å². The first-order chi connectivity index (χ1) is 15.8. The second-order valence-corrected chi connectivity index (χ2v) is 8.06. The highest BCUT2D eigenvalue weighted by Gasteiger charge is 2.15. The van der Waals surface area contributed by atoms with Crippen LogP contribution in [-0.4, -0.2) is 46.8 Å². The van der Waals surface area contributed by atoms with Gasteiger partial charge in [0.15, 0.2) is 23.1 Å². The summed E-state index contributed by atoms with van der Waals surface area (Å²) in [4.78, 5) is 8.12. The lowest BCUT2D eigenvalue weighted by atomic mass is 10.2. The van der Waals surface area contributed by atoms with Crippen LogP contribution >= 0.6 is 0 Å². The van der Waals surface area contributed by atoms with Gasteiger partial charge in [0.1, 0.15) is 0 Å². The molecule has 0 aliphatic heterocycles. The number of ether oxygens (including phenoxy) is 3. The number of aromatic nitrogens is 2. The minimum absolute atomic E-state index is 0.0974. The number of halogens is 1. The van der Waals surface area contributed by atoms with Crippen molar-refractivity contribution in [1.82, 2.24) is 14.7 Å². The molecule has 0 bridgehead atoms. The van der Waals surface area contributed by atoms with Crippen molar-refractivity contribution in [3.8, 4) is 17.2 Å². The zero-order valence-electron chi connectivity index (χ0n) is 18.3. The molecular weight excluding hydrogens is 455 g/mol. The molecule has 0 aliphatic rings. The summed E-state index contributed by atoms with van der Waals surface area (Å²) in [6, 6.07) is 9.57. The van der Waals surface area contributed by atoms with E-state index in [1.807, 2.05) is 0 Å². The summed E-state index contributed by atoms with van der Waals surface area (Å²) >= 11 is 0. The second kappa shape index (κ2) is 10.2. The van der Waals surface area contributed by atoms with Crippen molar-refractivity contribution in [2.45, 2.75) is 0 Å². The van der Waals surface area contributed by atoms with Crippen LogP contribution in [0.25, 0.3) is 0 Å². The molecule has 0 saturated carbocycles. The Kier molecular flexibility index (Phi) is 7.35. The Labute approximate surface area is 190 Å². The third-order valence-corrected chi connectivity index (χ3v) is 5.35. The van der Waals surface area contributed by atoms with Crippen LogP contribution in [0.1, 0.15) is 0 Å². The average Bonchev–Trinajstić information content (AvgIpc) is 2.80. The van der Waals surface area contributed by atoms with Crippen molar-refractivity contribution >= 4 is 39.0 Å². The Morgan fingerprint density at radius 3 is 2.18 bits per heavy atom. The summed E-state index contributed by atoms with van der Waals surface area (Å²) in [7, 11) is 2.06. The van der Waals surface area contributed by atoms with E-state index in [1.165, 1.54) is 34.4 Å². The fourth-order valence-corrected chi connectivity index (χ4v) is 3.34. The Morgan fingerprint density at radius 1 is 0.909 bits per heavy atom. The Balaban J connectivity index is 1.85. The second-order valence-electron chi connectivity index (χ2n) is 6.44. The van der Waals surface area contributed by atoms with Crippen LogP contribution in [0.3, 0.4) is 0 Å². The highest BCUT2D eigenvalue weighted by molar-refractivity contribution is 7.90. The van der Waals surface area contributed by atoms with Gasteiger partial charge in [0.25, 0.3) is 10.2 Å². The van der Waals surface area contributed by atoms with Crippen LogP contribution in [0.2, 0.25) is 0 Å². The molecule has 1 aromatic heterocycles. The molecule has 1 heterocycles. The van der Waals surface area contributed by atoms with E-state index >= 15 is 0 Å². The molecule has 13 heteroatoms. The molecule has 0 spiro atoms. The molecule has 0 aliphatic carbocycles. The SMILES string of the molecule is CNS(=O)(=O)Nc1cccc(Nc2nc(Nc3cc(OC)c(OC)c(OC)c3)ncc2F)c1. The maximum Gasteiger partial charge on any atom is 0.298 e. The van der Waals surface area contributed by atoms with Crippen LogP contribution < -0.4 is 34.3 Å². The van der Waals surface area contributed by atoms with Crippen molar-refractivity contribution in [3.63, 3.8) is 0 Å². The fourth-order valence-electron chi connectivity index (χ4n) is 2.80. The van der Waals surface area contributed by atoms with Gasteiger partial charge in [-0.1, -0.05) is 6.07 Å².